The van der Waals surface area contributed by atoms with Crippen LogP contribution in [0.3, 0.4) is 0 Å². The summed E-state index contributed by atoms with van der Waals surface area (Å²) >= 11 is 0. The van der Waals surface area contributed by atoms with Crippen molar-refractivity contribution in [3.05, 3.63) is 29.3 Å². The fraction of sp³-hybridized carbons (Fsp3) is 0.526. The van der Waals surface area contributed by atoms with Gasteiger partial charge in [0.25, 0.3) is 0 Å². The quantitative estimate of drug-likeness (QED) is 0.685. The molecule has 3 aliphatic rings. The molecule has 3 aliphatic heterocycles. The summed E-state index contributed by atoms with van der Waals surface area (Å²) in [7, 11) is -3.90. The minimum atomic E-state index is -4.86. The van der Waals surface area contributed by atoms with Gasteiger partial charge in [-0.05, 0) is 38.5 Å². The van der Waals surface area contributed by atoms with Gasteiger partial charge in [-0.25, -0.2) is 18.5 Å². The Labute approximate surface area is 175 Å². The van der Waals surface area contributed by atoms with E-state index in [1.54, 1.807) is 6.92 Å². The second kappa shape index (κ2) is 6.27. The number of benzene rings is 1. The molecule has 5 atom stereocenters. The van der Waals surface area contributed by atoms with Gasteiger partial charge in [-0.3, -0.25) is 9.59 Å². The van der Waals surface area contributed by atoms with E-state index in [4.69, 9.17) is 15.1 Å². The average Bonchev–Trinajstić information content (AvgIpc) is 3.13. The first kappa shape index (κ1) is 21.7. The zero-order valence-corrected chi connectivity index (χ0v) is 17.2. The van der Waals surface area contributed by atoms with Crippen molar-refractivity contribution in [2.24, 2.45) is 22.9 Å². The standard InChI is InChI=1S/C19H18F3N3O5S/c1-17-6-10(8-31(24,28)29)18(2,30-17)14-13(17)15(26)25(16(14)27)11-4-3-9(7-23)12(5-11)19(20,21)22/h3-5,10,13-14H,6,8H2,1-2H3,(H2,24,28,29)/t10-,13-,14+,17?,18?/m0/s1. The largest absolute Gasteiger partial charge is 0.417 e. The number of sulfonamides is 1. The summed E-state index contributed by atoms with van der Waals surface area (Å²) in [6.45, 7) is 3.13. The van der Waals surface area contributed by atoms with E-state index in [9.17, 15) is 31.2 Å². The molecule has 3 heterocycles. The number of ether oxygens (including phenoxy) is 1. The Hall–Kier alpha value is -2.49. The van der Waals surface area contributed by atoms with Gasteiger partial charge in [-0.1, -0.05) is 0 Å². The van der Waals surface area contributed by atoms with Gasteiger partial charge in [0.2, 0.25) is 21.8 Å². The van der Waals surface area contributed by atoms with E-state index in [1.165, 1.54) is 13.0 Å². The Balaban J connectivity index is 1.77. The highest BCUT2D eigenvalue weighted by molar-refractivity contribution is 7.89. The lowest BCUT2D eigenvalue weighted by atomic mass is 9.64. The molecule has 2 N–H and O–H groups in total. The summed E-state index contributed by atoms with van der Waals surface area (Å²) in [5.41, 5.74) is -4.66. The number of primary sulfonamides is 1. The van der Waals surface area contributed by atoms with Crippen LogP contribution in [0.1, 0.15) is 31.4 Å². The van der Waals surface area contributed by atoms with Crippen molar-refractivity contribution in [1.29, 1.82) is 5.26 Å². The third kappa shape index (κ3) is 3.06. The maximum absolute atomic E-state index is 13.4. The zero-order valence-electron chi connectivity index (χ0n) is 16.4. The number of nitrogens with two attached hydrogens (primary N) is 1. The number of imide groups is 1. The first-order valence-electron chi connectivity index (χ1n) is 9.32. The Kier molecular flexibility index (Phi) is 4.40. The van der Waals surface area contributed by atoms with Gasteiger partial charge >= 0.3 is 6.18 Å². The number of nitrogens with zero attached hydrogens (tertiary/aromatic N) is 2. The van der Waals surface area contributed by atoms with Crippen molar-refractivity contribution in [1.82, 2.24) is 0 Å². The van der Waals surface area contributed by atoms with Crippen molar-refractivity contribution in [2.45, 2.75) is 37.6 Å². The highest BCUT2D eigenvalue weighted by atomic mass is 32.2. The van der Waals surface area contributed by atoms with Gasteiger partial charge in [-0.15, -0.1) is 0 Å². The predicted octanol–water partition coefficient (Wildman–Crippen LogP) is 1.54. The second-order valence-electron chi connectivity index (χ2n) is 8.64. The van der Waals surface area contributed by atoms with Crippen LogP contribution in [0.25, 0.3) is 0 Å². The van der Waals surface area contributed by atoms with Crippen molar-refractivity contribution in [2.75, 3.05) is 10.7 Å². The number of hydrogen-bond acceptors (Lipinski definition) is 6. The molecule has 1 aromatic rings. The number of fused-ring (bicyclic) bond motifs is 5. The normalized spacial score (nSPS) is 34.9. The molecule has 8 nitrogen and oxygen atoms in total. The van der Waals surface area contributed by atoms with E-state index < -0.39 is 73.8 Å². The lowest BCUT2D eigenvalue weighted by Crippen LogP contribution is -2.48. The molecule has 0 spiro atoms. The topological polar surface area (TPSA) is 131 Å². The molecule has 1 aromatic carbocycles. The SMILES string of the molecule is CC12C[C@@H](CS(N)(=O)=O)C(C)(O1)[C@H]1C(=O)N(c3ccc(C#N)c(C(F)(F)F)c3)C(=O)[C@H]12. The van der Waals surface area contributed by atoms with Crippen LogP contribution in [0.5, 0.6) is 0 Å². The molecule has 166 valence electrons. The van der Waals surface area contributed by atoms with E-state index in [-0.39, 0.29) is 12.1 Å². The Bertz CT molecular complexity index is 1160. The van der Waals surface area contributed by atoms with Crippen molar-refractivity contribution in [3.63, 3.8) is 0 Å². The summed E-state index contributed by atoms with van der Waals surface area (Å²) in [6, 6.07) is 4.07. The second-order valence-corrected chi connectivity index (χ2v) is 10.3. The first-order chi connectivity index (χ1) is 14.1. The van der Waals surface area contributed by atoms with Gasteiger partial charge < -0.3 is 4.74 Å². The third-order valence-corrected chi connectivity index (χ3v) is 7.48. The molecule has 0 aliphatic carbocycles. The highest BCUT2D eigenvalue weighted by Gasteiger charge is 2.75. The Morgan fingerprint density at radius 3 is 2.42 bits per heavy atom. The van der Waals surface area contributed by atoms with Gasteiger partial charge in [0.1, 0.15) is 0 Å². The fourth-order valence-electron chi connectivity index (χ4n) is 5.45. The number of carbonyl (C=O) groups excluding carboxylic acids is 2. The van der Waals surface area contributed by atoms with E-state index in [0.717, 1.165) is 12.1 Å². The number of alkyl halides is 3. The first-order valence-corrected chi connectivity index (χ1v) is 11.0. The molecule has 0 saturated carbocycles. The summed E-state index contributed by atoms with van der Waals surface area (Å²) in [6.07, 6.45) is -4.70. The zero-order chi connectivity index (χ0) is 23.1. The molecular formula is C19H18F3N3O5S. The van der Waals surface area contributed by atoms with E-state index in [0.29, 0.717) is 11.0 Å². The molecule has 4 rings (SSSR count). The van der Waals surface area contributed by atoms with Crippen LogP contribution in [-0.2, 0) is 30.5 Å². The van der Waals surface area contributed by atoms with Crippen molar-refractivity contribution < 1.29 is 35.9 Å². The fourth-order valence-corrected chi connectivity index (χ4v) is 6.46. The Morgan fingerprint density at radius 2 is 1.87 bits per heavy atom. The van der Waals surface area contributed by atoms with E-state index >= 15 is 0 Å². The average molecular weight is 457 g/mol. The number of amides is 2. The van der Waals surface area contributed by atoms with Crippen molar-refractivity contribution >= 4 is 27.5 Å². The van der Waals surface area contributed by atoms with Gasteiger partial charge in [-0.2, -0.15) is 18.4 Å². The molecule has 0 radical (unpaired) electrons. The van der Waals surface area contributed by atoms with Crippen LogP contribution in [0.2, 0.25) is 0 Å². The summed E-state index contributed by atoms with van der Waals surface area (Å²) in [5, 5.41) is 14.1. The number of carbonyl (C=O) groups is 2. The van der Waals surface area contributed by atoms with Crippen LogP contribution in [0, 0.1) is 29.1 Å². The molecule has 12 heteroatoms. The molecule has 2 unspecified atom stereocenters. The number of anilines is 1. The van der Waals surface area contributed by atoms with Crippen LogP contribution in [0.4, 0.5) is 18.9 Å². The molecule has 3 fully saturated rings. The molecule has 0 aromatic heterocycles. The molecule has 31 heavy (non-hydrogen) atoms. The van der Waals surface area contributed by atoms with Crippen LogP contribution < -0.4 is 10.0 Å². The number of rotatable bonds is 3. The molecule has 2 amide bonds. The van der Waals surface area contributed by atoms with E-state index in [2.05, 4.69) is 0 Å². The van der Waals surface area contributed by atoms with Gasteiger partial charge in [0.05, 0.1) is 51.7 Å². The minimum Gasteiger partial charge on any atom is -0.367 e. The molecule has 2 bridgehead atoms. The summed E-state index contributed by atoms with van der Waals surface area (Å²) < 4.78 is 69.4. The minimum absolute atomic E-state index is 0.162. The van der Waals surface area contributed by atoms with Crippen LogP contribution in [-0.4, -0.2) is 37.2 Å². The molecule has 3 saturated heterocycles. The number of halogens is 3. The van der Waals surface area contributed by atoms with Gasteiger partial charge in [0.15, 0.2) is 0 Å². The number of nitriles is 1. The lowest BCUT2D eigenvalue weighted by Gasteiger charge is -2.34. The van der Waals surface area contributed by atoms with Crippen LogP contribution >= 0.6 is 0 Å². The molecular weight excluding hydrogens is 439 g/mol. The maximum Gasteiger partial charge on any atom is 0.417 e. The third-order valence-electron chi connectivity index (χ3n) is 6.62. The smallest absolute Gasteiger partial charge is 0.367 e. The van der Waals surface area contributed by atoms with E-state index in [1.807, 2.05) is 0 Å². The van der Waals surface area contributed by atoms with Gasteiger partial charge in [0, 0.05) is 5.92 Å². The number of hydrogen-bond donors (Lipinski definition) is 1. The summed E-state index contributed by atoms with van der Waals surface area (Å²) in [5.74, 6) is -4.61. The highest BCUT2D eigenvalue weighted by Crippen LogP contribution is 2.63. The van der Waals surface area contributed by atoms with Crippen molar-refractivity contribution in [3.8, 4) is 6.07 Å². The monoisotopic (exact) mass is 457 g/mol. The predicted molar refractivity (Wildman–Crippen MR) is 99.6 cm³/mol. The Morgan fingerprint density at radius 1 is 1.26 bits per heavy atom. The lowest BCUT2D eigenvalue weighted by molar-refractivity contribution is -0.138. The van der Waals surface area contributed by atoms with Crippen LogP contribution in [0.15, 0.2) is 18.2 Å². The maximum atomic E-state index is 13.4. The summed E-state index contributed by atoms with van der Waals surface area (Å²) in [4.78, 5) is 27.1.